The van der Waals surface area contributed by atoms with Gasteiger partial charge < -0.3 is 4.74 Å². The molecule has 1 unspecified atom stereocenters. The van der Waals surface area contributed by atoms with Crippen LogP contribution in [0.5, 0.6) is 0 Å². The Morgan fingerprint density at radius 2 is 2.18 bits per heavy atom. The van der Waals surface area contributed by atoms with Crippen LogP contribution in [-0.4, -0.2) is 18.4 Å². The summed E-state index contributed by atoms with van der Waals surface area (Å²) >= 11 is 0. The standard InChI is InChI=1S/C7H9NO3/c1-3-11-7(10)6(9)5(2)4-8/h5H,3H2,1-2H3. The molecule has 60 valence electrons. The highest BCUT2D eigenvalue weighted by atomic mass is 16.5. The lowest BCUT2D eigenvalue weighted by atomic mass is 10.1. The van der Waals surface area contributed by atoms with Gasteiger partial charge in [-0.1, -0.05) is 0 Å². The third-order valence-electron chi connectivity index (χ3n) is 1.06. The Hall–Kier alpha value is -1.37. The number of carbonyl (C=O) groups excluding carboxylic acids is 2. The molecule has 0 aliphatic heterocycles. The van der Waals surface area contributed by atoms with E-state index < -0.39 is 17.7 Å². The zero-order valence-corrected chi connectivity index (χ0v) is 6.46. The molecule has 0 radical (unpaired) electrons. The number of Topliss-reactive ketones (excluding diaryl/α,β-unsaturated/α-hetero) is 1. The maximum Gasteiger partial charge on any atom is 0.376 e. The predicted molar refractivity (Wildman–Crippen MR) is 36.4 cm³/mol. The molecule has 0 aliphatic carbocycles. The van der Waals surface area contributed by atoms with Gasteiger partial charge in [-0.15, -0.1) is 0 Å². The molecule has 0 spiro atoms. The first-order valence-corrected chi connectivity index (χ1v) is 3.24. The topological polar surface area (TPSA) is 67.2 Å². The molecule has 4 heteroatoms. The zero-order chi connectivity index (χ0) is 8.85. The van der Waals surface area contributed by atoms with Gasteiger partial charge >= 0.3 is 5.97 Å². The van der Waals surface area contributed by atoms with Gasteiger partial charge in [0.2, 0.25) is 0 Å². The van der Waals surface area contributed by atoms with E-state index in [1.165, 1.54) is 6.92 Å². The van der Waals surface area contributed by atoms with E-state index in [2.05, 4.69) is 4.74 Å². The number of nitriles is 1. The third kappa shape index (κ3) is 2.80. The average molecular weight is 155 g/mol. The van der Waals surface area contributed by atoms with Crippen LogP contribution in [0.3, 0.4) is 0 Å². The lowest BCUT2D eigenvalue weighted by Crippen LogP contribution is -2.22. The summed E-state index contributed by atoms with van der Waals surface area (Å²) in [5.74, 6) is -2.62. The van der Waals surface area contributed by atoms with Crippen LogP contribution in [0.2, 0.25) is 0 Å². The van der Waals surface area contributed by atoms with E-state index in [0.29, 0.717) is 0 Å². The number of rotatable bonds is 3. The van der Waals surface area contributed by atoms with Crippen LogP contribution in [0.4, 0.5) is 0 Å². The van der Waals surface area contributed by atoms with Gasteiger partial charge in [-0.2, -0.15) is 5.26 Å². The molecule has 0 heterocycles. The van der Waals surface area contributed by atoms with E-state index in [-0.39, 0.29) is 6.61 Å². The number of ketones is 1. The summed E-state index contributed by atoms with van der Waals surface area (Å²) in [6.07, 6.45) is 0. The van der Waals surface area contributed by atoms with Crippen LogP contribution >= 0.6 is 0 Å². The molecule has 0 amide bonds. The normalized spacial score (nSPS) is 11.4. The quantitative estimate of drug-likeness (QED) is 0.433. The lowest BCUT2D eigenvalue weighted by Gasteiger charge is -1.99. The largest absolute Gasteiger partial charge is 0.460 e. The number of ether oxygens (including phenoxy) is 1. The summed E-state index contributed by atoms with van der Waals surface area (Å²) < 4.78 is 4.39. The molecule has 1 atom stereocenters. The minimum absolute atomic E-state index is 0.155. The average Bonchev–Trinajstić information content (AvgIpc) is 2.02. The second-order valence-corrected chi connectivity index (χ2v) is 1.94. The van der Waals surface area contributed by atoms with Crippen LogP contribution in [0.25, 0.3) is 0 Å². The summed E-state index contributed by atoms with van der Waals surface area (Å²) in [6, 6.07) is 1.65. The van der Waals surface area contributed by atoms with Gasteiger partial charge in [0.05, 0.1) is 12.7 Å². The molecule has 0 rings (SSSR count). The van der Waals surface area contributed by atoms with Crippen molar-refractivity contribution in [2.24, 2.45) is 5.92 Å². The Labute approximate surface area is 64.8 Å². The minimum Gasteiger partial charge on any atom is -0.460 e. The Kier molecular flexibility index (Phi) is 3.89. The van der Waals surface area contributed by atoms with Crippen LogP contribution in [-0.2, 0) is 14.3 Å². The molecular formula is C7H9NO3. The predicted octanol–water partition coefficient (Wildman–Crippen LogP) is 0.278. The summed E-state index contributed by atoms with van der Waals surface area (Å²) in [7, 11) is 0. The van der Waals surface area contributed by atoms with Crippen molar-refractivity contribution in [2.75, 3.05) is 6.61 Å². The summed E-state index contributed by atoms with van der Waals surface area (Å²) in [5, 5.41) is 8.24. The van der Waals surface area contributed by atoms with E-state index in [9.17, 15) is 9.59 Å². The van der Waals surface area contributed by atoms with Crippen LogP contribution in [0.1, 0.15) is 13.8 Å². The van der Waals surface area contributed by atoms with Crippen LogP contribution in [0, 0.1) is 17.2 Å². The van der Waals surface area contributed by atoms with Crippen LogP contribution < -0.4 is 0 Å². The number of carbonyl (C=O) groups is 2. The summed E-state index contributed by atoms with van der Waals surface area (Å²) in [6.45, 7) is 3.12. The molecule has 4 nitrogen and oxygen atoms in total. The molecule has 11 heavy (non-hydrogen) atoms. The fourth-order valence-corrected chi connectivity index (χ4v) is 0.438. The lowest BCUT2D eigenvalue weighted by molar-refractivity contribution is -0.154. The van der Waals surface area contributed by atoms with Gasteiger partial charge in [-0.25, -0.2) is 4.79 Å². The molecule has 0 aromatic heterocycles. The number of hydrogen-bond donors (Lipinski definition) is 0. The van der Waals surface area contributed by atoms with E-state index >= 15 is 0 Å². The van der Waals surface area contributed by atoms with Crippen molar-refractivity contribution in [3.63, 3.8) is 0 Å². The van der Waals surface area contributed by atoms with Gasteiger partial charge in [0, 0.05) is 0 Å². The first kappa shape index (κ1) is 9.63. The summed E-state index contributed by atoms with van der Waals surface area (Å²) in [5.41, 5.74) is 0. The van der Waals surface area contributed by atoms with Gasteiger partial charge in [0.1, 0.15) is 5.92 Å². The number of esters is 1. The van der Waals surface area contributed by atoms with Gasteiger partial charge in [0.25, 0.3) is 5.78 Å². The third-order valence-corrected chi connectivity index (χ3v) is 1.06. The molecular weight excluding hydrogens is 146 g/mol. The highest BCUT2D eigenvalue weighted by Crippen LogP contribution is 1.95. The molecule has 0 N–H and O–H groups in total. The molecule has 0 bridgehead atoms. The molecule has 0 aromatic carbocycles. The number of nitrogens with zero attached hydrogens (tertiary/aromatic N) is 1. The van der Waals surface area contributed by atoms with Crippen molar-refractivity contribution in [3.05, 3.63) is 0 Å². The fraction of sp³-hybridized carbons (Fsp3) is 0.571. The minimum atomic E-state index is -0.929. The molecule has 0 aliphatic rings. The Morgan fingerprint density at radius 1 is 1.64 bits per heavy atom. The molecule has 0 fully saturated rings. The smallest absolute Gasteiger partial charge is 0.376 e. The molecule has 0 aromatic rings. The highest BCUT2D eigenvalue weighted by Gasteiger charge is 2.21. The van der Waals surface area contributed by atoms with Crippen molar-refractivity contribution in [3.8, 4) is 6.07 Å². The second-order valence-electron chi connectivity index (χ2n) is 1.94. The maximum absolute atomic E-state index is 10.8. The Morgan fingerprint density at radius 3 is 2.55 bits per heavy atom. The summed E-state index contributed by atoms with van der Waals surface area (Å²) in [4.78, 5) is 21.4. The number of hydrogen-bond acceptors (Lipinski definition) is 4. The maximum atomic E-state index is 10.8. The van der Waals surface area contributed by atoms with Gasteiger partial charge in [-0.3, -0.25) is 4.79 Å². The first-order chi connectivity index (χ1) is 5.13. The van der Waals surface area contributed by atoms with Crippen molar-refractivity contribution in [1.82, 2.24) is 0 Å². The van der Waals surface area contributed by atoms with Crippen molar-refractivity contribution >= 4 is 11.8 Å². The van der Waals surface area contributed by atoms with E-state index in [1.54, 1.807) is 13.0 Å². The van der Waals surface area contributed by atoms with Crippen molar-refractivity contribution in [1.29, 1.82) is 5.26 Å². The Balaban J connectivity index is 4.05. The van der Waals surface area contributed by atoms with E-state index in [4.69, 9.17) is 5.26 Å². The van der Waals surface area contributed by atoms with Gasteiger partial charge in [0.15, 0.2) is 0 Å². The van der Waals surface area contributed by atoms with Gasteiger partial charge in [-0.05, 0) is 13.8 Å². The van der Waals surface area contributed by atoms with Crippen molar-refractivity contribution < 1.29 is 14.3 Å². The molecule has 0 saturated carbocycles. The fourth-order valence-electron chi connectivity index (χ4n) is 0.438. The zero-order valence-electron chi connectivity index (χ0n) is 6.46. The van der Waals surface area contributed by atoms with Crippen molar-refractivity contribution in [2.45, 2.75) is 13.8 Å². The SMILES string of the molecule is CCOC(=O)C(=O)C(C)C#N. The highest BCUT2D eigenvalue weighted by molar-refractivity contribution is 6.34. The van der Waals surface area contributed by atoms with Crippen LogP contribution in [0.15, 0.2) is 0 Å². The van der Waals surface area contributed by atoms with E-state index in [0.717, 1.165) is 0 Å². The monoisotopic (exact) mass is 155 g/mol. The Bertz CT molecular complexity index is 204. The first-order valence-electron chi connectivity index (χ1n) is 3.24. The second kappa shape index (κ2) is 4.45. The van der Waals surface area contributed by atoms with E-state index in [1.807, 2.05) is 0 Å². The molecule has 0 saturated heterocycles.